The van der Waals surface area contributed by atoms with Crippen molar-refractivity contribution in [2.45, 2.75) is 19.8 Å². The number of nitrogens with zero attached hydrogens (tertiary/aromatic N) is 1. The molecular weight excluding hydrogens is 114 g/mol. The molecule has 2 nitrogen and oxygen atoms in total. The first kappa shape index (κ1) is 6.33. The van der Waals surface area contributed by atoms with E-state index >= 15 is 0 Å². The Morgan fingerprint density at radius 1 is 1.78 bits per heavy atom. The average Bonchev–Trinajstić information content (AvgIpc) is 2.17. The second kappa shape index (κ2) is 2.67. The van der Waals surface area contributed by atoms with Crippen molar-refractivity contribution in [1.29, 1.82) is 0 Å². The number of aryl methyl sites for hydroxylation is 2. The highest BCUT2D eigenvalue weighted by atomic mass is 16.5. The molecule has 0 saturated heterocycles. The summed E-state index contributed by atoms with van der Waals surface area (Å²) in [6.45, 7) is 5.62. The van der Waals surface area contributed by atoms with E-state index < -0.39 is 0 Å². The molecule has 1 radical (unpaired) electrons. The quantitative estimate of drug-likeness (QED) is 0.600. The molecular formula is C7H10NO. The van der Waals surface area contributed by atoms with E-state index in [4.69, 9.17) is 4.52 Å². The SMILES string of the molecule is [CH2]CCc1cc(C)no1. The van der Waals surface area contributed by atoms with Crippen molar-refractivity contribution in [1.82, 2.24) is 5.16 Å². The van der Waals surface area contributed by atoms with Gasteiger partial charge in [0.05, 0.1) is 5.69 Å². The fourth-order valence-corrected chi connectivity index (χ4v) is 0.708. The molecule has 2 heteroatoms. The predicted octanol–water partition coefficient (Wildman–Crippen LogP) is 1.75. The summed E-state index contributed by atoms with van der Waals surface area (Å²) < 4.78 is 4.91. The molecule has 0 aliphatic rings. The molecule has 0 saturated carbocycles. The van der Waals surface area contributed by atoms with Crippen molar-refractivity contribution in [3.05, 3.63) is 24.4 Å². The van der Waals surface area contributed by atoms with E-state index in [9.17, 15) is 0 Å². The van der Waals surface area contributed by atoms with Gasteiger partial charge in [0.25, 0.3) is 0 Å². The highest BCUT2D eigenvalue weighted by Crippen LogP contribution is 2.03. The van der Waals surface area contributed by atoms with E-state index in [2.05, 4.69) is 12.1 Å². The highest BCUT2D eigenvalue weighted by Gasteiger charge is 1.96. The van der Waals surface area contributed by atoms with Crippen LogP contribution < -0.4 is 0 Å². The topological polar surface area (TPSA) is 26.0 Å². The summed E-state index contributed by atoms with van der Waals surface area (Å²) in [7, 11) is 0. The van der Waals surface area contributed by atoms with Crippen molar-refractivity contribution in [2.75, 3.05) is 0 Å². The first-order chi connectivity index (χ1) is 4.33. The van der Waals surface area contributed by atoms with Crippen molar-refractivity contribution in [3.8, 4) is 0 Å². The van der Waals surface area contributed by atoms with E-state index in [1.165, 1.54) is 0 Å². The highest BCUT2D eigenvalue weighted by molar-refractivity contribution is 5.02. The van der Waals surface area contributed by atoms with Gasteiger partial charge in [0, 0.05) is 12.5 Å². The first-order valence-corrected chi connectivity index (χ1v) is 3.04. The molecule has 0 spiro atoms. The zero-order chi connectivity index (χ0) is 6.69. The maximum Gasteiger partial charge on any atom is 0.136 e. The minimum atomic E-state index is 0.870. The molecule has 0 unspecified atom stereocenters. The lowest BCUT2D eigenvalue weighted by Crippen LogP contribution is -1.75. The molecule has 0 N–H and O–H groups in total. The van der Waals surface area contributed by atoms with Crippen molar-refractivity contribution < 1.29 is 4.52 Å². The second-order valence-corrected chi connectivity index (χ2v) is 2.04. The smallest absolute Gasteiger partial charge is 0.136 e. The number of hydrogen-bond donors (Lipinski definition) is 0. The van der Waals surface area contributed by atoms with Crippen molar-refractivity contribution in [3.63, 3.8) is 0 Å². The van der Waals surface area contributed by atoms with Crippen LogP contribution in [0.15, 0.2) is 10.6 Å². The second-order valence-electron chi connectivity index (χ2n) is 2.04. The Labute approximate surface area is 54.9 Å². The molecule has 1 aromatic heterocycles. The summed E-state index contributed by atoms with van der Waals surface area (Å²) in [5.41, 5.74) is 0.943. The van der Waals surface area contributed by atoms with Crippen LogP contribution >= 0.6 is 0 Å². The summed E-state index contributed by atoms with van der Waals surface area (Å²) in [5, 5.41) is 3.73. The zero-order valence-electron chi connectivity index (χ0n) is 5.55. The van der Waals surface area contributed by atoms with Crippen molar-refractivity contribution in [2.24, 2.45) is 0 Å². The Kier molecular flexibility index (Phi) is 1.88. The molecule has 49 valence electrons. The van der Waals surface area contributed by atoms with E-state index in [-0.39, 0.29) is 0 Å². The van der Waals surface area contributed by atoms with Gasteiger partial charge < -0.3 is 4.52 Å². The third kappa shape index (κ3) is 1.56. The van der Waals surface area contributed by atoms with Gasteiger partial charge in [0.1, 0.15) is 5.76 Å². The standard InChI is InChI=1S/C7H10NO/c1-3-4-7-5-6(2)8-9-7/h5H,1,3-4H2,2H3. The Hall–Kier alpha value is -0.790. The van der Waals surface area contributed by atoms with E-state index in [1.807, 2.05) is 13.0 Å². The lowest BCUT2D eigenvalue weighted by molar-refractivity contribution is 0.380. The fourth-order valence-electron chi connectivity index (χ4n) is 0.708. The lowest BCUT2D eigenvalue weighted by atomic mass is 10.2. The summed E-state index contributed by atoms with van der Waals surface area (Å²) >= 11 is 0. The van der Waals surface area contributed by atoms with Crippen LogP contribution in [0.5, 0.6) is 0 Å². The molecule has 0 bridgehead atoms. The fraction of sp³-hybridized carbons (Fsp3) is 0.429. The lowest BCUT2D eigenvalue weighted by Gasteiger charge is -1.83. The molecule has 1 aromatic rings. The van der Waals surface area contributed by atoms with Crippen molar-refractivity contribution >= 4 is 0 Å². The van der Waals surface area contributed by atoms with Crippen LogP contribution in [0.4, 0.5) is 0 Å². The van der Waals surface area contributed by atoms with Gasteiger partial charge in [0.2, 0.25) is 0 Å². The van der Waals surface area contributed by atoms with Gasteiger partial charge in [-0.05, 0) is 13.3 Å². The minimum Gasteiger partial charge on any atom is -0.361 e. The van der Waals surface area contributed by atoms with E-state index in [0.717, 1.165) is 24.3 Å². The summed E-state index contributed by atoms with van der Waals surface area (Å²) in [6, 6.07) is 1.94. The Morgan fingerprint density at radius 2 is 2.56 bits per heavy atom. The number of hydrogen-bond acceptors (Lipinski definition) is 2. The van der Waals surface area contributed by atoms with Crippen LogP contribution in [0.25, 0.3) is 0 Å². The van der Waals surface area contributed by atoms with Crippen LogP contribution in [0, 0.1) is 13.8 Å². The van der Waals surface area contributed by atoms with Gasteiger partial charge >= 0.3 is 0 Å². The third-order valence-corrected chi connectivity index (χ3v) is 1.10. The Balaban J connectivity index is 2.61. The number of aromatic nitrogens is 1. The minimum absolute atomic E-state index is 0.870. The number of rotatable bonds is 2. The molecule has 0 aliphatic carbocycles. The van der Waals surface area contributed by atoms with Gasteiger partial charge in [0.15, 0.2) is 0 Å². The van der Waals surface area contributed by atoms with Gasteiger partial charge in [-0.1, -0.05) is 12.1 Å². The molecule has 0 aromatic carbocycles. The van der Waals surface area contributed by atoms with Gasteiger partial charge in [-0.2, -0.15) is 0 Å². The third-order valence-electron chi connectivity index (χ3n) is 1.10. The Bertz CT molecular complexity index is 181. The molecule has 9 heavy (non-hydrogen) atoms. The molecule has 0 fully saturated rings. The summed E-state index contributed by atoms with van der Waals surface area (Å²) in [6.07, 6.45) is 1.76. The molecule has 0 aliphatic heterocycles. The van der Waals surface area contributed by atoms with Crippen LogP contribution in [0.1, 0.15) is 17.9 Å². The average molecular weight is 124 g/mol. The molecule has 0 amide bonds. The van der Waals surface area contributed by atoms with Crippen LogP contribution in [0.2, 0.25) is 0 Å². The maximum absolute atomic E-state index is 4.91. The van der Waals surface area contributed by atoms with Gasteiger partial charge in [-0.3, -0.25) is 0 Å². The van der Waals surface area contributed by atoms with E-state index in [0.29, 0.717) is 0 Å². The molecule has 1 heterocycles. The van der Waals surface area contributed by atoms with Crippen LogP contribution in [-0.2, 0) is 6.42 Å². The zero-order valence-corrected chi connectivity index (χ0v) is 5.55. The normalized spacial score (nSPS) is 10.0. The summed E-state index contributed by atoms with van der Waals surface area (Å²) in [4.78, 5) is 0. The van der Waals surface area contributed by atoms with E-state index in [1.54, 1.807) is 0 Å². The Morgan fingerprint density at radius 3 is 3.00 bits per heavy atom. The molecule has 1 rings (SSSR count). The maximum atomic E-state index is 4.91. The summed E-state index contributed by atoms with van der Waals surface area (Å²) in [5.74, 6) is 0.933. The van der Waals surface area contributed by atoms with Gasteiger partial charge in [-0.15, -0.1) is 0 Å². The monoisotopic (exact) mass is 124 g/mol. The van der Waals surface area contributed by atoms with Gasteiger partial charge in [-0.25, -0.2) is 0 Å². The van der Waals surface area contributed by atoms with Crippen LogP contribution in [0.3, 0.4) is 0 Å². The first-order valence-electron chi connectivity index (χ1n) is 3.04. The predicted molar refractivity (Wildman–Crippen MR) is 34.9 cm³/mol. The van der Waals surface area contributed by atoms with Crippen LogP contribution in [-0.4, -0.2) is 5.16 Å². The molecule has 0 atom stereocenters. The largest absolute Gasteiger partial charge is 0.361 e.